The van der Waals surface area contributed by atoms with Gasteiger partial charge in [-0.15, -0.1) is 0 Å². The van der Waals surface area contributed by atoms with Crippen LogP contribution in [0, 0.1) is 40.8 Å². The Morgan fingerprint density at radius 1 is 1.12 bits per heavy atom. The number of nitrogens with zero attached hydrogens (tertiary/aromatic N) is 2. The van der Waals surface area contributed by atoms with E-state index in [2.05, 4.69) is 12.0 Å². The van der Waals surface area contributed by atoms with Gasteiger partial charge in [0.15, 0.2) is 5.78 Å². The summed E-state index contributed by atoms with van der Waals surface area (Å²) in [4.78, 5) is 13.5. The number of alkyl halides is 1. The van der Waals surface area contributed by atoms with Gasteiger partial charge in [-0.1, -0.05) is 6.92 Å². The Morgan fingerprint density at radius 2 is 1.94 bits per heavy atom. The van der Waals surface area contributed by atoms with E-state index in [9.17, 15) is 14.3 Å². The number of aliphatic hydroxyl groups is 1. The van der Waals surface area contributed by atoms with Crippen LogP contribution < -0.4 is 0 Å². The van der Waals surface area contributed by atoms with Crippen molar-refractivity contribution < 1.29 is 18.7 Å². The van der Waals surface area contributed by atoms with Crippen LogP contribution in [0.25, 0.3) is 10.9 Å². The van der Waals surface area contributed by atoms with Crippen LogP contribution in [-0.2, 0) is 11.3 Å². The second kappa shape index (κ2) is 7.59. The van der Waals surface area contributed by atoms with Crippen molar-refractivity contribution in [1.82, 2.24) is 9.78 Å². The Hall–Kier alpha value is -1.82. The lowest BCUT2D eigenvalue weighted by Gasteiger charge is -2.59. The zero-order valence-corrected chi connectivity index (χ0v) is 20.3. The minimum atomic E-state index is -1.15. The SMILES string of the molecule is C[C@@]1(O)CC[C@@]2(F)[C@H](CC[C@H]3[C@@H]4CC[C@H](C(=O)Cn5cc6cc(F)ccc6n5)[C@@]4(C)CC[C@@H]32)C1. The molecule has 0 unspecified atom stereocenters. The van der Waals surface area contributed by atoms with Crippen molar-refractivity contribution >= 4 is 16.7 Å². The maximum absolute atomic E-state index is 16.5. The maximum Gasteiger partial charge on any atom is 0.157 e. The fraction of sp³-hybridized carbons (Fsp3) is 0.714. The summed E-state index contributed by atoms with van der Waals surface area (Å²) in [5.74, 6) is 0.651. The topological polar surface area (TPSA) is 55.1 Å². The fourth-order valence-electron chi connectivity index (χ4n) is 8.90. The van der Waals surface area contributed by atoms with Gasteiger partial charge in [-0.2, -0.15) is 5.10 Å². The summed E-state index contributed by atoms with van der Waals surface area (Å²) in [6.45, 7) is 4.35. The Labute approximate surface area is 200 Å². The molecular formula is C28H36F2N2O2. The molecular weight excluding hydrogens is 434 g/mol. The molecule has 4 fully saturated rings. The van der Waals surface area contributed by atoms with E-state index < -0.39 is 11.3 Å². The number of carbonyl (C=O) groups excluding carboxylic acids is 1. The van der Waals surface area contributed by atoms with Crippen LogP contribution in [0.5, 0.6) is 0 Å². The standard InChI is InChI=1S/C28H36F2N2O2/c1-26(34)11-12-28(30)18(14-26)3-5-20-21-6-7-23(27(21,2)10-9-22(20)28)25(33)16-32-15-17-13-19(29)4-8-24(17)31-32/h4,8,13,15,18,20-23,34H,3,5-7,9-12,14,16H2,1-2H3/t18-,20+,21+,22+,23-,26-,27+,28-/m1/s1. The average Bonchev–Trinajstić information content (AvgIpc) is 3.33. The molecule has 1 aromatic carbocycles. The molecule has 1 heterocycles. The minimum absolute atomic E-state index is 0.0251. The zero-order chi connectivity index (χ0) is 23.9. The normalized spacial score (nSPS) is 43.9. The number of hydrogen-bond acceptors (Lipinski definition) is 3. The van der Waals surface area contributed by atoms with Gasteiger partial charge in [0.2, 0.25) is 0 Å². The zero-order valence-electron chi connectivity index (χ0n) is 20.3. The van der Waals surface area contributed by atoms with Gasteiger partial charge in [-0.05, 0) is 112 Å². The summed E-state index contributed by atoms with van der Waals surface area (Å²) in [5.41, 5.74) is -1.27. The van der Waals surface area contributed by atoms with Crippen molar-refractivity contribution in [2.75, 3.05) is 0 Å². The molecule has 184 valence electrons. The maximum atomic E-state index is 16.5. The molecule has 4 nitrogen and oxygen atoms in total. The molecule has 0 amide bonds. The number of halogens is 2. The lowest BCUT2D eigenvalue weighted by Crippen LogP contribution is -2.58. The summed E-state index contributed by atoms with van der Waals surface area (Å²) < 4.78 is 31.7. The third kappa shape index (κ3) is 3.38. The Balaban J connectivity index is 1.20. The highest BCUT2D eigenvalue weighted by molar-refractivity contribution is 5.83. The van der Waals surface area contributed by atoms with Crippen molar-refractivity contribution in [2.24, 2.45) is 35.0 Å². The van der Waals surface area contributed by atoms with E-state index in [4.69, 9.17) is 0 Å². The smallest absolute Gasteiger partial charge is 0.157 e. The highest BCUT2D eigenvalue weighted by Gasteiger charge is 2.63. The molecule has 0 bridgehead atoms. The predicted molar refractivity (Wildman–Crippen MR) is 126 cm³/mol. The van der Waals surface area contributed by atoms with Gasteiger partial charge in [-0.3, -0.25) is 9.48 Å². The summed E-state index contributed by atoms with van der Waals surface area (Å²) in [6, 6.07) is 4.49. The van der Waals surface area contributed by atoms with Crippen LogP contribution in [0.1, 0.15) is 71.6 Å². The molecule has 6 heteroatoms. The molecule has 34 heavy (non-hydrogen) atoms. The lowest BCUT2D eigenvalue weighted by atomic mass is 9.48. The van der Waals surface area contributed by atoms with Crippen molar-refractivity contribution in [3.63, 3.8) is 0 Å². The number of Topliss-reactive ketones (excluding diaryl/α,β-unsaturated/α-hetero) is 1. The van der Waals surface area contributed by atoms with Crippen LogP contribution in [0.15, 0.2) is 24.4 Å². The minimum Gasteiger partial charge on any atom is -0.390 e. The Kier molecular flexibility index (Phi) is 5.05. The van der Waals surface area contributed by atoms with Crippen LogP contribution in [0.4, 0.5) is 8.78 Å². The van der Waals surface area contributed by atoms with E-state index in [1.54, 1.807) is 16.9 Å². The van der Waals surface area contributed by atoms with Crippen molar-refractivity contribution in [1.29, 1.82) is 0 Å². The predicted octanol–water partition coefficient (Wildman–Crippen LogP) is 5.86. The molecule has 2 aromatic rings. The van der Waals surface area contributed by atoms with E-state index in [-0.39, 0.29) is 41.3 Å². The summed E-state index contributed by atoms with van der Waals surface area (Å²) in [5, 5.41) is 15.8. The Bertz CT molecular complexity index is 1130. The number of benzene rings is 1. The largest absolute Gasteiger partial charge is 0.390 e. The van der Waals surface area contributed by atoms with Gasteiger partial charge in [0.1, 0.15) is 11.5 Å². The van der Waals surface area contributed by atoms with Gasteiger partial charge in [0, 0.05) is 17.5 Å². The number of aromatic nitrogens is 2. The van der Waals surface area contributed by atoms with Crippen LogP contribution in [-0.4, -0.2) is 31.9 Å². The first-order valence-electron chi connectivity index (χ1n) is 13.2. The molecule has 4 saturated carbocycles. The monoisotopic (exact) mass is 470 g/mol. The summed E-state index contributed by atoms with van der Waals surface area (Å²) in [7, 11) is 0. The van der Waals surface area contributed by atoms with E-state index in [1.165, 1.54) is 12.1 Å². The van der Waals surface area contributed by atoms with Gasteiger partial charge >= 0.3 is 0 Å². The molecule has 0 aliphatic heterocycles. The molecule has 4 aliphatic carbocycles. The second-order valence-corrected chi connectivity index (χ2v) is 12.4. The van der Waals surface area contributed by atoms with Crippen LogP contribution in [0.3, 0.4) is 0 Å². The number of rotatable bonds is 3. The van der Waals surface area contributed by atoms with Gasteiger partial charge < -0.3 is 5.11 Å². The van der Waals surface area contributed by atoms with E-state index >= 15 is 4.39 Å². The molecule has 8 atom stereocenters. The van der Waals surface area contributed by atoms with E-state index in [1.807, 2.05) is 6.92 Å². The van der Waals surface area contributed by atoms with Crippen LogP contribution in [0.2, 0.25) is 0 Å². The number of carbonyl (C=O) groups is 1. The van der Waals surface area contributed by atoms with Crippen molar-refractivity contribution in [3.8, 4) is 0 Å². The lowest BCUT2D eigenvalue weighted by molar-refractivity contribution is -0.166. The Morgan fingerprint density at radius 3 is 2.76 bits per heavy atom. The number of ketones is 1. The average molecular weight is 471 g/mol. The number of fused-ring (bicyclic) bond motifs is 6. The van der Waals surface area contributed by atoms with Gasteiger partial charge in [0.05, 0.1) is 17.7 Å². The molecule has 4 aliphatic rings. The summed E-state index contributed by atoms with van der Waals surface area (Å²) >= 11 is 0. The highest BCUT2D eigenvalue weighted by atomic mass is 19.1. The molecule has 6 rings (SSSR count). The first kappa shape index (κ1) is 22.6. The van der Waals surface area contributed by atoms with E-state index in [0.717, 1.165) is 38.5 Å². The first-order chi connectivity index (χ1) is 16.1. The van der Waals surface area contributed by atoms with Gasteiger partial charge in [0.25, 0.3) is 0 Å². The van der Waals surface area contributed by atoms with Gasteiger partial charge in [-0.25, -0.2) is 8.78 Å². The molecule has 1 N–H and O–H groups in total. The molecule has 0 saturated heterocycles. The molecule has 0 spiro atoms. The quantitative estimate of drug-likeness (QED) is 0.612. The van der Waals surface area contributed by atoms with E-state index in [0.29, 0.717) is 42.0 Å². The molecule has 1 aromatic heterocycles. The summed E-state index contributed by atoms with van der Waals surface area (Å²) in [6.07, 6.45) is 8.86. The third-order valence-corrected chi connectivity index (χ3v) is 10.5. The highest BCUT2D eigenvalue weighted by Crippen LogP contribution is 2.66. The van der Waals surface area contributed by atoms with Crippen molar-refractivity contribution in [2.45, 2.75) is 89.4 Å². The van der Waals surface area contributed by atoms with Crippen molar-refractivity contribution in [3.05, 3.63) is 30.2 Å². The second-order valence-electron chi connectivity index (χ2n) is 12.4. The number of hydrogen-bond donors (Lipinski definition) is 1. The van der Waals surface area contributed by atoms with Crippen LogP contribution >= 0.6 is 0 Å². The third-order valence-electron chi connectivity index (χ3n) is 10.5. The fourth-order valence-corrected chi connectivity index (χ4v) is 8.90. The first-order valence-corrected chi connectivity index (χ1v) is 13.2. The molecule has 0 radical (unpaired) electrons.